The Morgan fingerprint density at radius 2 is 1.39 bits per heavy atom. The summed E-state index contributed by atoms with van der Waals surface area (Å²) >= 11 is 0. The Bertz CT molecular complexity index is 1080. The van der Waals surface area contributed by atoms with Crippen LogP contribution in [0.2, 0.25) is 0 Å². The van der Waals surface area contributed by atoms with Crippen LogP contribution in [0.25, 0.3) is 0 Å². The number of fused-ring (bicyclic) bond motifs is 2. The predicted octanol–water partition coefficient (Wildman–Crippen LogP) is 7.20. The van der Waals surface area contributed by atoms with E-state index < -0.39 is 15.4 Å². The third-order valence-electron chi connectivity index (χ3n) is 11.4. The molecule has 9 atom stereocenters. The Morgan fingerprint density at radius 1 is 0.780 bits per heavy atom. The van der Waals surface area contributed by atoms with E-state index in [4.69, 9.17) is 19.4 Å². The summed E-state index contributed by atoms with van der Waals surface area (Å²) in [6, 6.07) is 2.13. The highest BCUT2D eigenvalue weighted by Crippen LogP contribution is 2.43. The largest absolute Gasteiger partial charge is 0.474 e. The first kappa shape index (κ1) is 29.5. The smallest absolute Gasteiger partial charge is 0.321 e. The van der Waals surface area contributed by atoms with Gasteiger partial charge in [-0.2, -0.15) is 18.4 Å². The lowest BCUT2D eigenvalue weighted by Gasteiger charge is -2.39. The van der Waals surface area contributed by atoms with Crippen LogP contribution < -0.4 is 14.8 Å². The summed E-state index contributed by atoms with van der Waals surface area (Å²) < 4.78 is 47.3. The van der Waals surface area contributed by atoms with E-state index in [0.717, 1.165) is 68.6 Å². The summed E-state index contributed by atoms with van der Waals surface area (Å²) in [5, 5.41) is 2.74. The van der Waals surface area contributed by atoms with Crippen molar-refractivity contribution in [2.24, 2.45) is 29.6 Å². The fraction of sp³-hybridized carbons (Fsp3) is 0.875. The van der Waals surface area contributed by atoms with E-state index in [2.05, 4.69) is 5.32 Å². The minimum Gasteiger partial charge on any atom is -0.474 e. The van der Waals surface area contributed by atoms with Crippen molar-refractivity contribution in [1.29, 1.82) is 0 Å². The van der Waals surface area contributed by atoms with E-state index in [1.807, 2.05) is 13.0 Å². The first-order chi connectivity index (χ1) is 19.8. The Kier molecular flexibility index (Phi) is 9.30. The lowest BCUT2D eigenvalue weighted by molar-refractivity contribution is 0.0523. The molecule has 5 saturated carbocycles. The van der Waals surface area contributed by atoms with Crippen molar-refractivity contribution >= 4 is 15.9 Å². The van der Waals surface area contributed by atoms with Gasteiger partial charge in [-0.3, -0.25) is 4.55 Å². The Balaban J connectivity index is 1.18. The van der Waals surface area contributed by atoms with Gasteiger partial charge >= 0.3 is 6.01 Å². The molecule has 6 rings (SSSR count). The summed E-state index contributed by atoms with van der Waals surface area (Å²) in [7, 11) is -4.11. The number of rotatable bonds is 8. The molecule has 0 aromatic carbocycles. The molecule has 41 heavy (non-hydrogen) atoms. The first-order valence-electron chi connectivity index (χ1n) is 16.8. The second-order valence-corrected chi connectivity index (χ2v) is 15.6. The average Bonchev–Trinajstić information content (AvgIpc) is 2.96. The molecule has 0 saturated heterocycles. The van der Waals surface area contributed by atoms with Crippen molar-refractivity contribution in [1.82, 2.24) is 9.97 Å². The van der Waals surface area contributed by atoms with Crippen LogP contribution in [-0.4, -0.2) is 46.4 Å². The van der Waals surface area contributed by atoms with Crippen molar-refractivity contribution in [2.45, 2.75) is 146 Å². The van der Waals surface area contributed by atoms with Gasteiger partial charge in [-0.25, -0.2) is 0 Å². The number of nitrogens with zero attached hydrogens (tertiary/aromatic N) is 2. The van der Waals surface area contributed by atoms with Crippen LogP contribution in [0.5, 0.6) is 11.9 Å². The topological polar surface area (TPSA) is 111 Å². The van der Waals surface area contributed by atoms with Crippen molar-refractivity contribution in [3.8, 4) is 11.9 Å². The van der Waals surface area contributed by atoms with Gasteiger partial charge in [-0.15, -0.1) is 0 Å². The minimum atomic E-state index is -4.11. The van der Waals surface area contributed by atoms with Crippen LogP contribution >= 0.6 is 0 Å². The van der Waals surface area contributed by atoms with Gasteiger partial charge in [0.15, 0.2) is 0 Å². The summed E-state index contributed by atoms with van der Waals surface area (Å²) in [4.78, 5) is 9.55. The van der Waals surface area contributed by atoms with Crippen molar-refractivity contribution in [3.63, 3.8) is 0 Å². The van der Waals surface area contributed by atoms with E-state index in [0.29, 0.717) is 24.1 Å². The van der Waals surface area contributed by atoms with E-state index in [1.54, 1.807) is 0 Å². The lowest BCUT2D eigenvalue weighted by atomic mass is 9.70. The van der Waals surface area contributed by atoms with Gasteiger partial charge in [0.1, 0.15) is 18.0 Å². The molecular weight excluding hydrogens is 538 g/mol. The maximum Gasteiger partial charge on any atom is 0.321 e. The summed E-state index contributed by atoms with van der Waals surface area (Å²) in [6.07, 6.45) is 20.5. The predicted molar refractivity (Wildman–Crippen MR) is 160 cm³/mol. The number of hydrogen-bond acceptors (Lipinski definition) is 7. The molecule has 230 valence electrons. The fourth-order valence-corrected chi connectivity index (χ4v) is 10.4. The molecule has 9 heteroatoms. The molecule has 5 fully saturated rings. The number of aromatic nitrogens is 2. The normalized spacial score (nSPS) is 37.9. The second-order valence-electron chi connectivity index (χ2n) is 14.0. The number of ether oxygens (including phenoxy) is 2. The molecule has 0 aliphatic heterocycles. The third-order valence-corrected chi connectivity index (χ3v) is 12.8. The molecule has 0 bridgehead atoms. The molecule has 9 unspecified atom stereocenters. The Morgan fingerprint density at radius 3 is 2.00 bits per heavy atom. The quantitative estimate of drug-likeness (QED) is 0.306. The van der Waals surface area contributed by atoms with Crippen LogP contribution in [0.4, 0.5) is 5.82 Å². The molecule has 2 N–H and O–H groups in total. The van der Waals surface area contributed by atoms with Crippen LogP contribution in [0, 0.1) is 29.6 Å². The molecule has 5 aliphatic carbocycles. The molecule has 5 aliphatic rings. The summed E-state index contributed by atoms with van der Waals surface area (Å²) in [6.45, 7) is 2.00. The number of nitrogens with one attached hydrogen (secondary N) is 1. The maximum absolute atomic E-state index is 12.2. The zero-order valence-corrected chi connectivity index (χ0v) is 25.7. The maximum atomic E-state index is 12.2. The van der Waals surface area contributed by atoms with Gasteiger partial charge in [0.2, 0.25) is 5.88 Å². The average molecular weight is 590 g/mol. The van der Waals surface area contributed by atoms with E-state index in [9.17, 15) is 13.0 Å². The standard InChI is InChI=1S/C32H51N3O5S/c1-2-21-11-14-26(19-29(21)41(36,37)38)33-30-20-31(39-27-15-12-22-7-3-5-9-24(22)17-27)35-32(34-30)40-28-16-13-23-8-4-6-10-25(23)18-28/h20-29H,2-19H2,1H3,(H,33,34,35)(H,36,37,38). The molecule has 0 spiro atoms. The zero-order valence-electron chi connectivity index (χ0n) is 24.9. The minimum absolute atomic E-state index is 0.0175. The Hall–Kier alpha value is -1.61. The zero-order chi connectivity index (χ0) is 28.4. The molecule has 1 heterocycles. The summed E-state index contributed by atoms with van der Waals surface area (Å²) in [5.41, 5.74) is 0. The highest BCUT2D eigenvalue weighted by atomic mass is 32.2. The summed E-state index contributed by atoms with van der Waals surface area (Å²) in [5.74, 6) is 4.37. The van der Waals surface area contributed by atoms with Crippen LogP contribution in [0.15, 0.2) is 6.07 Å². The fourth-order valence-electron chi connectivity index (χ4n) is 9.15. The second kappa shape index (κ2) is 12.9. The number of anilines is 1. The van der Waals surface area contributed by atoms with Crippen LogP contribution in [-0.2, 0) is 10.1 Å². The van der Waals surface area contributed by atoms with Gasteiger partial charge < -0.3 is 14.8 Å². The van der Waals surface area contributed by atoms with E-state index in [-0.39, 0.29) is 24.2 Å². The van der Waals surface area contributed by atoms with Crippen molar-refractivity contribution in [2.75, 3.05) is 5.32 Å². The molecule has 1 aromatic heterocycles. The van der Waals surface area contributed by atoms with E-state index in [1.165, 1.54) is 64.2 Å². The third kappa shape index (κ3) is 7.31. The first-order valence-corrected chi connectivity index (χ1v) is 18.3. The number of hydrogen-bond donors (Lipinski definition) is 2. The van der Waals surface area contributed by atoms with E-state index >= 15 is 0 Å². The van der Waals surface area contributed by atoms with Crippen molar-refractivity contribution in [3.05, 3.63) is 6.07 Å². The SMILES string of the molecule is CCC1CCC(Nc2cc(OC3CCC4CCCCC4C3)nc(OC3CCC4CCCCC4C3)n2)CC1S(=O)(=O)O. The molecule has 0 radical (unpaired) electrons. The van der Waals surface area contributed by atoms with Gasteiger partial charge in [-0.05, 0) is 87.4 Å². The van der Waals surface area contributed by atoms with Crippen LogP contribution in [0.1, 0.15) is 122 Å². The highest BCUT2D eigenvalue weighted by molar-refractivity contribution is 7.86. The van der Waals surface area contributed by atoms with Crippen molar-refractivity contribution < 1.29 is 22.4 Å². The van der Waals surface area contributed by atoms with Crippen LogP contribution in [0.3, 0.4) is 0 Å². The van der Waals surface area contributed by atoms with Gasteiger partial charge in [-0.1, -0.05) is 64.7 Å². The Labute approximate surface area is 246 Å². The molecule has 8 nitrogen and oxygen atoms in total. The monoisotopic (exact) mass is 589 g/mol. The highest BCUT2D eigenvalue weighted by Gasteiger charge is 2.38. The molecule has 0 amide bonds. The van der Waals surface area contributed by atoms with Gasteiger partial charge in [0.05, 0.1) is 5.25 Å². The van der Waals surface area contributed by atoms with Gasteiger partial charge in [0, 0.05) is 12.1 Å². The van der Waals surface area contributed by atoms with Gasteiger partial charge in [0.25, 0.3) is 10.1 Å². The lowest BCUT2D eigenvalue weighted by Crippen LogP contribution is -2.40. The molecule has 1 aromatic rings. The molecular formula is C32H51N3O5S.